The van der Waals surface area contributed by atoms with Gasteiger partial charge in [-0.2, -0.15) is 0 Å². The van der Waals surface area contributed by atoms with Gasteiger partial charge in [0, 0.05) is 28.7 Å². The summed E-state index contributed by atoms with van der Waals surface area (Å²) in [6.07, 6.45) is 2.97. The molecule has 0 unspecified atom stereocenters. The molecule has 2 heterocycles. The van der Waals surface area contributed by atoms with Crippen molar-refractivity contribution in [2.75, 3.05) is 5.32 Å². The Balaban J connectivity index is 0.00000208. The quantitative estimate of drug-likeness (QED) is 0.627. The average Bonchev–Trinajstić information content (AvgIpc) is 2.55. The monoisotopic (exact) mass is 348 g/mol. The van der Waals surface area contributed by atoms with Gasteiger partial charge in [0.2, 0.25) is 5.95 Å². The van der Waals surface area contributed by atoms with E-state index >= 15 is 0 Å². The number of carboxylic acids is 1. The standard InChI is InChI=1S/C16H11ClN4O2.Na/c17-11-2-1-3-12(9-11)20-16-19-7-5-13(21-16)10-4-6-18-14(8-10)15(22)23;/h1-9H,(H,22,23)(H,19,20,21);/q;+1/p-1. The van der Waals surface area contributed by atoms with Crippen LogP contribution in [0, 0.1) is 0 Å². The van der Waals surface area contributed by atoms with E-state index in [0.29, 0.717) is 22.2 Å². The fourth-order valence-electron chi connectivity index (χ4n) is 1.98. The molecule has 0 aliphatic rings. The molecule has 0 radical (unpaired) electrons. The zero-order chi connectivity index (χ0) is 16.2. The first-order valence-corrected chi connectivity index (χ1v) is 7.03. The number of hydrogen-bond donors (Lipinski definition) is 1. The maximum absolute atomic E-state index is 10.9. The van der Waals surface area contributed by atoms with E-state index in [1.807, 2.05) is 12.1 Å². The van der Waals surface area contributed by atoms with E-state index in [1.165, 1.54) is 12.3 Å². The Kier molecular flexibility index (Phi) is 6.28. The Hall–Kier alpha value is -1.99. The first-order valence-electron chi connectivity index (χ1n) is 6.65. The molecule has 1 N–H and O–H groups in total. The molecule has 0 fully saturated rings. The van der Waals surface area contributed by atoms with Crippen molar-refractivity contribution in [1.29, 1.82) is 0 Å². The van der Waals surface area contributed by atoms with Crippen LogP contribution in [0.2, 0.25) is 5.02 Å². The van der Waals surface area contributed by atoms with Crippen molar-refractivity contribution in [1.82, 2.24) is 15.0 Å². The number of aromatic nitrogens is 3. The molecule has 24 heavy (non-hydrogen) atoms. The molecule has 0 aliphatic carbocycles. The Bertz CT molecular complexity index is 876. The van der Waals surface area contributed by atoms with Crippen LogP contribution in [-0.2, 0) is 0 Å². The number of nitrogens with zero attached hydrogens (tertiary/aromatic N) is 3. The van der Waals surface area contributed by atoms with Gasteiger partial charge in [0.1, 0.15) is 0 Å². The molecule has 0 saturated carbocycles. The Labute approximate surface area is 165 Å². The molecule has 8 heteroatoms. The van der Waals surface area contributed by atoms with E-state index in [-0.39, 0.29) is 35.3 Å². The van der Waals surface area contributed by atoms with Gasteiger partial charge in [-0.1, -0.05) is 17.7 Å². The second-order valence-corrected chi connectivity index (χ2v) is 5.05. The molecule has 0 aliphatic heterocycles. The molecule has 1 aromatic carbocycles. The van der Waals surface area contributed by atoms with Gasteiger partial charge in [-0.15, -0.1) is 0 Å². The largest absolute Gasteiger partial charge is 1.00 e. The number of pyridine rings is 1. The number of rotatable bonds is 4. The fourth-order valence-corrected chi connectivity index (χ4v) is 2.17. The number of carbonyl (C=O) groups is 1. The van der Waals surface area contributed by atoms with Gasteiger partial charge < -0.3 is 15.2 Å². The van der Waals surface area contributed by atoms with Crippen molar-refractivity contribution in [3.05, 3.63) is 65.6 Å². The van der Waals surface area contributed by atoms with Crippen molar-refractivity contribution in [3.63, 3.8) is 0 Å². The summed E-state index contributed by atoms with van der Waals surface area (Å²) < 4.78 is 0. The van der Waals surface area contributed by atoms with E-state index in [2.05, 4.69) is 20.3 Å². The number of hydrogen-bond acceptors (Lipinski definition) is 6. The maximum atomic E-state index is 10.9. The van der Waals surface area contributed by atoms with Crippen LogP contribution < -0.4 is 40.0 Å². The van der Waals surface area contributed by atoms with Crippen molar-refractivity contribution in [2.24, 2.45) is 0 Å². The zero-order valence-corrected chi connectivity index (χ0v) is 15.5. The molecule has 2 aromatic heterocycles. The number of carbonyl (C=O) groups excluding carboxylic acids is 1. The van der Waals surface area contributed by atoms with Crippen molar-refractivity contribution in [2.45, 2.75) is 0 Å². The predicted octanol–water partition coefficient (Wildman–Crippen LogP) is -0.697. The minimum Gasteiger partial charge on any atom is -0.543 e. The van der Waals surface area contributed by atoms with E-state index in [9.17, 15) is 9.90 Å². The van der Waals surface area contributed by atoms with Crippen molar-refractivity contribution < 1.29 is 39.5 Å². The maximum Gasteiger partial charge on any atom is 1.00 e. The van der Waals surface area contributed by atoms with Gasteiger partial charge in [-0.25, -0.2) is 9.97 Å². The summed E-state index contributed by atoms with van der Waals surface area (Å²) >= 11 is 5.94. The molecule has 0 amide bonds. The van der Waals surface area contributed by atoms with E-state index in [0.717, 1.165) is 5.69 Å². The van der Waals surface area contributed by atoms with Crippen molar-refractivity contribution in [3.8, 4) is 11.3 Å². The van der Waals surface area contributed by atoms with E-state index in [1.54, 1.807) is 30.5 Å². The smallest absolute Gasteiger partial charge is 0.543 e. The average molecular weight is 349 g/mol. The Morgan fingerprint density at radius 2 is 1.88 bits per heavy atom. The van der Waals surface area contributed by atoms with Gasteiger partial charge in [0.15, 0.2) is 0 Å². The summed E-state index contributed by atoms with van der Waals surface area (Å²) in [6.45, 7) is 0. The topological polar surface area (TPSA) is 90.8 Å². The molecule has 0 atom stereocenters. The molecule has 0 spiro atoms. The minimum atomic E-state index is -1.34. The number of halogens is 1. The molecular weight excluding hydrogens is 339 g/mol. The summed E-state index contributed by atoms with van der Waals surface area (Å²) in [5, 5.41) is 14.5. The molecule has 0 saturated heterocycles. The molecule has 3 aromatic rings. The second kappa shape index (κ2) is 8.21. The summed E-state index contributed by atoms with van der Waals surface area (Å²) in [5.41, 5.74) is 1.77. The number of anilines is 2. The third-order valence-corrected chi connectivity index (χ3v) is 3.24. The Morgan fingerprint density at radius 3 is 2.62 bits per heavy atom. The summed E-state index contributed by atoms with van der Waals surface area (Å²) in [7, 11) is 0. The summed E-state index contributed by atoms with van der Waals surface area (Å²) in [4.78, 5) is 23.1. The number of aromatic carboxylic acids is 1. The molecule has 114 valence electrons. The second-order valence-electron chi connectivity index (χ2n) is 4.62. The number of benzene rings is 1. The SMILES string of the molecule is O=C([O-])c1cc(-c2ccnc(Nc3cccc(Cl)c3)n2)ccn1.[Na+]. The van der Waals surface area contributed by atoms with Crippen LogP contribution in [0.15, 0.2) is 54.9 Å². The van der Waals surface area contributed by atoms with Crippen LogP contribution >= 0.6 is 11.6 Å². The van der Waals surface area contributed by atoms with Crippen LogP contribution in [0.25, 0.3) is 11.3 Å². The molecular formula is C16H10ClN4NaO2. The van der Waals surface area contributed by atoms with Gasteiger partial charge in [0.25, 0.3) is 0 Å². The molecule has 3 rings (SSSR count). The predicted molar refractivity (Wildman–Crippen MR) is 84.3 cm³/mol. The van der Waals surface area contributed by atoms with Crippen LogP contribution in [0.5, 0.6) is 0 Å². The van der Waals surface area contributed by atoms with Crippen LogP contribution in [0.1, 0.15) is 10.5 Å². The van der Waals surface area contributed by atoms with Gasteiger partial charge >= 0.3 is 29.6 Å². The van der Waals surface area contributed by atoms with Crippen LogP contribution in [0.4, 0.5) is 11.6 Å². The van der Waals surface area contributed by atoms with Crippen LogP contribution in [-0.4, -0.2) is 20.9 Å². The Morgan fingerprint density at radius 1 is 1.08 bits per heavy atom. The van der Waals surface area contributed by atoms with Crippen molar-refractivity contribution >= 4 is 29.2 Å². The molecule has 6 nitrogen and oxygen atoms in total. The number of carboxylic acid groups (broad SMARTS) is 1. The van der Waals surface area contributed by atoms with E-state index in [4.69, 9.17) is 11.6 Å². The summed E-state index contributed by atoms with van der Waals surface area (Å²) in [5.74, 6) is -0.963. The van der Waals surface area contributed by atoms with Gasteiger partial charge in [-0.05, 0) is 36.4 Å². The normalized spacial score (nSPS) is 9.88. The fraction of sp³-hybridized carbons (Fsp3) is 0. The third-order valence-electron chi connectivity index (χ3n) is 3.00. The minimum absolute atomic E-state index is 0. The zero-order valence-electron chi connectivity index (χ0n) is 12.7. The third kappa shape index (κ3) is 4.52. The van der Waals surface area contributed by atoms with Crippen LogP contribution in [0.3, 0.4) is 0 Å². The van der Waals surface area contributed by atoms with E-state index < -0.39 is 5.97 Å². The van der Waals surface area contributed by atoms with Gasteiger partial charge in [-0.3, -0.25) is 4.98 Å². The first kappa shape index (κ1) is 18.4. The molecule has 0 bridgehead atoms. The van der Waals surface area contributed by atoms with Gasteiger partial charge in [0.05, 0.1) is 17.4 Å². The first-order chi connectivity index (χ1) is 11.1. The number of nitrogens with one attached hydrogen (secondary N) is 1. The summed E-state index contributed by atoms with van der Waals surface area (Å²) in [6, 6.07) is 11.9.